The molecule has 5 heterocycles. The molecule has 5 saturated heterocycles. The van der Waals surface area contributed by atoms with E-state index in [1.54, 1.807) is 30.8 Å². The predicted octanol–water partition coefficient (Wildman–Crippen LogP) is -3.53. The molecule has 5 aliphatic heterocycles. The van der Waals surface area contributed by atoms with Gasteiger partial charge in [-0.1, -0.05) is 6.92 Å². The van der Waals surface area contributed by atoms with Gasteiger partial charge in [-0.05, 0) is 164 Å². The third-order valence-corrected chi connectivity index (χ3v) is 27.5. The van der Waals surface area contributed by atoms with Crippen LogP contribution >= 0.6 is 0 Å². The second kappa shape index (κ2) is 26.6. The Hall–Kier alpha value is -1.02. The Kier molecular flexibility index (Phi) is 21.2. The molecule has 14 N–H and O–H groups in total. The lowest BCUT2D eigenvalue weighted by molar-refractivity contribution is 0.168. The summed E-state index contributed by atoms with van der Waals surface area (Å²) >= 11 is 0. The van der Waals surface area contributed by atoms with Crippen molar-refractivity contribution in [2.45, 2.75) is 167 Å². The molecule has 4 aliphatic carbocycles. The Morgan fingerprint density at radius 1 is 0.390 bits per heavy atom. The van der Waals surface area contributed by atoms with Crippen LogP contribution in [0, 0.1) is 47.3 Å². The summed E-state index contributed by atoms with van der Waals surface area (Å²) in [6.45, 7) is 2.98. The fourth-order valence-electron chi connectivity index (χ4n) is 15.5. The molecular formula is C46H89N13O17S6. The minimum Gasteiger partial charge on any atom is -0.304 e. The van der Waals surface area contributed by atoms with E-state index in [0.717, 1.165) is 0 Å². The quantitative estimate of drug-likeness (QED) is 0.0329. The lowest BCUT2D eigenvalue weighted by atomic mass is 9.76. The maximum absolute atomic E-state index is 14.2. The molecule has 0 radical (unpaired) electrons. The van der Waals surface area contributed by atoms with Gasteiger partial charge < -0.3 is 9.80 Å². The van der Waals surface area contributed by atoms with E-state index in [1.807, 2.05) is 0 Å². The van der Waals surface area contributed by atoms with Gasteiger partial charge in [-0.25, -0.2) is 47.8 Å². The van der Waals surface area contributed by atoms with Crippen LogP contribution in [0.1, 0.15) is 96.8 Å². The SMILES string of the molecule is CCNS(=O)(=O)C1CCC2C3NC(NC4NC(NC5NC(NC6NC(N3)C3CC(S(=O)(=O)NCCCN(C)CCOS(=O)(=O)O)CCC63)C3CC(S(=O)(=O)NCCCN(C)CCOS(=O)(=O)O)CCC53)C3CC(S(=O)(=O)O)CCC43)C2C1. The molecule has 20 unspecified atom stereocenters. The van der Waals surface area contributed by atoms with Gasteiger partial charge >= 0.3 is 20.8 Å². The third kappa shape index (κ3) is 16.1. The van der Waals surface area contributed by atoms with Crippen LogP contribution in [-0.4, -0.2) is 217 Å². The summed E-state index contributed by atoms with van der Waals surface area (Å²) in [6, 6.07) is 0. The molecule has 0 aromatic rings. The summed E-state index contributed by atoms with van der Waals surface area (Å²) in [6.07, 6.45) is 2.41. The van der Waals surface area contributed by atoms with E-state index in [2.05, 4.69) is 65.1 Å². The van der Waals surface area contributed by atoms with Crippen molar-refractivity contribution in [1.29, 1.82) is 0 Å². The number of nitrogens with zero attached hydrogens (tertiary/aromatic N) is 2. The molecule has 82 heavy (non-hydrogen) atoms. The maximum atomic E-state index is 14.2. The minimum atomic E-state index is -4.59. The molecular weight excluding hydrogens is 1200 g/mol. The van der Waals surface area contributed by atoms with E-state index in [4.69, 9.17) is 9.11 Å². The monoisotopic (exact) mass is 1290 g/mol. The Bertz CT molecular complexity index is 2890. The van der Waals surface area contributed by atoms with Gasteiger partial charge in [-0.15, -0.1) is 0 Å². The average Bonchev–Trinajstić information content (AvgIpc) is 4.28. The van der Waals surface area contributed by atoms with Crippen LogP contribution in [0.5, 0.6) is 0 Å². The maximum Gasteiger partial charge on any atom is 0.397 e. The highest BCUT2D eigenvalue weighted by molar-refractivity contribution is 7.90. The van der Waals surface area contributed by atoms with Gasteiger partial charge in [-0.2, -0.15) is 25.3 Å². The number of hydrogen-bond acceptors (Lipinski definition) is 24. The molecule has 476 valence electrons. The van der Waals surface area contributed by atoms with Crippen molar-refractivity contribution in [1.82, 2.24) is 66.5 Å². The molecule has 0 aromatic heterocycles. The number of nitrogens with one attached hydrogen (secondary N) is 11. The van der Waals surface area contributed by atoms with E-state index in [0.29, 0.717) is 90.1 Å². The fourth-order valence-corrected chi connectivity index (χ4v) is 21.7. The zero-order valence-corrected chi connectivity index (χ0v) is 51.6. The van der Waals surface area contributed by atoms with Crippen molar-refractivity contribution in [3.05, 3.63) is 0 Å². The Balaban J connectivity index is 0.967. The molecule has 4 saturated carbocycles. The zero-order chi connectivity index (χ0) is 59.2. The number of likely N-dealkylation sites (N-methyl/N-ethyl adjacent to an activating group) is 2. The largest absolute Gasteiger partial charge is 0.397 e. The van der Waals surface area contributed by atoms with Crippen LogP contribution in [0.4, 0.5) is 0 Å². The lowest BCUT2D eigenvalue weighted by Gasteiger charge is -2.38. The zero-order valence-electron chi connectivity index (χ0n) is 46.7. The van der Waals surface area contributed by atoms with Gasteiger partial charge in [-0.3, -0.25) is 56.2 Å². The Labute approximate surface area is 484 Å². The topological polar surface area (TPSA) is 423 Å². The molecule has 0 amide bonds. The molecule has 0 aromatic carbocycles. The second-order valence-corrected chi connectivity index (χ2v) is 34.5. The minimum absolute atomic E-state index is 0.0425. The molecule has 0 spiro atoms. The van der Waals surface area contributed by atoms with Crippen LogP contribution in [0.2, 0.25) is 0 Å². The smallest absolute Gasteiger partial charge is 0.304 e. The third-order valence-electron chi connectivity index (χ3n) is 19.5. The van der Waals surface area contributed by atoms with Gasteiger partial charge in [0.15, 0.2) is 0 Å². The Morgan fingerprint density at radius 3 is 0.939 bits per heavy atom. The molecule has 36 heteroatoms. The first-order chi connectivity index (χ1) is 38.5. The summed E-state index contributed by atoms with van der Waals surface area (Å²) in [5.74, 6) is -1.16. The molecule has 9 aliphatic rings. The normalized spacial score (nSPS) is 39.2. The number of fused-ring (bicyclic) bond motifs is 20. The molecule has 20 atom stereocenters. The van der Waals surface area contributed by atoms with Crippen molar-refractivity contribution in [2.24, 2.45) is 47.3 Å². The van der Waals surface area contributed by atoms with Crippen LogP contribution in [0.15, 0.2) is 0 Å². The summed E-state index contributed by atoms with van der Waals surface area (Å²) in [5, 5.41) is 27.9. The summed E-state index contributed by atoms with van der Waals surface area (Å²) < 4.78 is 199. The number of hydrogen-bond donors (Lipinski definition) is 14. The Morgan fingerprint density at radius 2 is 0.659 bits per heavy atom. The standard InChI is InChI=1S/C46H89N13O17S6/c1-4-47-77(60,61)27-7-11-31-35(23-27)43-50-39(31)51-44-36-24-28(78(62,63)48-15-5-17-58(2)19-21-75-81(69,70)71)8-12-32(36)40(52-44)53-45-37-25-29(79(64,65)49-16-6-18-59(3)20-22-76-82(72,73)74)9-13-33(37)41(54-45)56-46-38-26-30(80(66,67)68)10-14-34(38)42(55-43)57-46/h27-57H,4-26H2,1-3H3,(H,66,67,68)(H,69,70,71)(H,72,73,74). The van der Waals surface area contributed by atoms with E-state index >= 15 is 0 Å². The molecule has 9 rings (SSSR count). The van der Waals surface area contributed by atoms with Gasteiger partial charge in [0.2, 0.25) is 30.1 Å². The van der Waals surface area contributed by atoms with Crippen LogP contribution in [0.3, 0.4) is 0 Å². The first-order valence-corrected chi connectivity index (χ1v) is 38.0. The van der Waals surface area contributed by atoms with Crippen LogP contribution < -0.4 is 56.7 Å². The van der Waals surface area contributed by atoms with Crippen molar-refractivity contribution in [3.8, 4) is 0 Å². The highest BCUT2D eigenvalue weighted by atomic mass is 32.3. The van der Waals surface area contributed by atoms with E-state index < -0.39 is 107 Å². The molecule has 9 fully saturated rings. The summed E-state index contributed by atoms with van der Waals surface area (Å²) in [5.41, 5.74) is 0. The van der Waals surface area contributed by atoms with Gasteiger partial charge in [0, 0.05) is 32.7 Å². The summed E-state index contributed by atoms with van der Waals surface area (Å²) in [4.78, 5) is 3.52. The van der Waals surface area contributed by atoms with E-state index in [1.165, 1.54) is 0 Å². The van der Waals surface area contributed by atoms with Gasteiger partial charge in [0.1, 0.15) is 0 Å². The first kappa shape index (κ1) is 65.4. The number of sulfonamides is 3. The van der Waals surface area contributed by atoms with E-state index in [-0.39, 0.29) is 131 Å². The van der Waals surface area contributed by atoms with Crippen LogP contribution in [0.25, 0.3) is 0 Å². The highest BCUT2D eigenvalue weighted by Gasteiger charge is 2.58. The van der Waals surface area contributed by atoms with E-state index in [9.17, 15) is 55.1 Å². The second-order valence-electron chi connectivity index (χ2n) is 24.5. The van der Waals surface area contributed by atoms with Gasteiger partial charge in [0.25, 0.3) is 10.1 Å². The molecule has 8 bridgehead atoms. The predicted molar refractivity (Wildman–Crippen MR) is 301 cm³/mol. The molecule has 30 nitrogen and oxygen atoms in total. The van der Waals surface area contributed by atoms with Crippen molar-refractivity contribution in [2.75, 3.05) is 73.1 Å². The van der Waals surface area contributed by atoms with Crippen LogP contribution in [-0.2, 0) is 69.4 Å². The fraction of sp³-hybridized carbons (Fsp3) is 1.00. The van der Waals surface area contributed by atoms with Crippen molar-refractivity contribution < 1.29 is 72.5 Å². The number of rotatable bonds is 24. The first-order valence-electron chi connectivity index (χ1n) is 29.1. The van der Waals surface area contributed by atoms with Crippen molar-refractivity contribution in [3.63, 3.8) is 0 Å². The summed E-state index contributed by atoms with van der Waals surface area (Å²) in [7, 11) is -21.4. The van der Waals surface area contributed by atoms with Gasteiger partial charge in [0.05, 0.1) is 83.5 Å². The average molecular weight is 1290 g/mol. The highest BCUT2D eigenvalue weighted by Crippen LogP contribution is 2.48. The lowest BCUT2D eigenvalue weighted by Crippen LogP contribution is -2.61. The van der Waals surface area contributed by atoms with Crippen molar-refractivity contribution >= 4 is 61.0 Å².